The lowest BCUT2D eigenvalue weighted by atomic mass is 10.2. The smallest absolute Gasteiger partial charge is 0.258 e. The van der Waals surface area contributed by atoms with E-state index in [2.05, 4.69) is 15.3 Å². The van der Waals surface area contributed by atoms with Gasteiger partial charge in [0, 0.05) is 36.7 Å². The molecule has 2 aromatic carbocycles. The van der Waals surface area contributed by atoms with Gasteiger partial charge in [-0.3, -0.25) is 4.79 Å². The maximum Gasteiger partial charge on any atom is 0.258 e. The fraction of sp³-hybridized carbons (Fsp3) is 0.261. The van der Waals surface area contributed by atoms with Gasteiger partial charge in [0.1, 0.15) is 10.6 Å². The number of morpholine rings is 1. The number of aromatic nitrogens is 2. The highest BCUT2D eigenvalue weighted by Crippen LogP contribution is 2.30. The van der Waals surface area contributed by atoms with E-state index in [1.807, 2.05) is 30.3 Å². The summed E-state index contributed by atoms with van der Waals surface area (Å²) in [5.41, 5.74) is 1.41. The molecule has 1 fully saturated rings. The average molecular weight is 469 g/mol. The molecule has 33 heavy (non-hydrogen) atoms. The summed E-state index contributed by atoms with van der Waals surface area (Å²) >= 11 is 0. The van der Waals surface area contributed by atoms with Crippen LogP contribution >= 0.6 is 0 Å². The first kappa shape index (κ1) is 22.8. The van der Waals surface area contributed by atoms with Crippen LogP contribution in [-0.2, 0) is 14.8 Å². The molecule has 0 radical (unpaired) electrons. The highest BCUT2D eigenvalue weighted by Gasteiger charge is 2.30. The lowest BCUT2D eigenvalue weighted by molar-refractivity contribution is 0.0729. The van der Waals surface area contributed by atoms with Gasteiger partial charge in [0.15, 0.2) is 5.82 Å². The summed E-state index contributed by atoms with van der Waals surface area (Å²) in [5.74, 6) is 0.290. The Labute approximate surface area is 192 Å². The Kier molecular flexibility index (Phi) is 6.97. The van der Waals surface area contributed by atoms with Crippen molar-refractivity contribution < 1.29 is 22.7 Å². The van der Waals surface area contributed by atoms with Crippen LogP contribution in [0.15, 0.2) is 65.8 Å². The standard InChI is InChI=1S/C23H24N4O5S/c1-2-32-20-9-8-19(14-21(20)33(29,30)27-10-12-31-13-11-27)26-23(28)18-15-24-22(25-16-18)17-6-4-3-5-7-17/h3-9,14-16H,2,10-13H2,1H3,(H,26,28). The quantitative estimate of drug-likeness (QED) is 0.568. The van der Waals surface area contributed by atoms with E-state index in [-0.39, 0.29) is 29.3 Å². The highest BCUT2D eigenvalue weighted by molar-refractivity contribution is 7.89. The third-order valence-electron chi connectivity index (χ3n) is 5.04. The summed E-state index contributed by atoms with van der Waals surface area (Å²) in [4.78, 5) is 21.3. The lowest BCUT2D eigenvalue weighted by Crippen LogP contribution is -2.40. The van der Waals surface area contributed by atoms with Crippen LogP contribution in [0, 0.1) is 0 Å². The minimum Gasteiger partial charge on any atom is -0.492 e. The maximum atomic E-state index is 13.2. The fourth-order valence-electron chi connectivity index (χ4n) is 3.37. The second kappa shape index (κ2) is 10.1. The van der Waals surface area contributed by atoms with Gasteiger partial charge in [-0.15, -0.1) is 0 Å². The van der Waals surface area contributed by atoms with Crippen LogP contribution < -0.4 is 10.1 Å². The zero-order chi connectivity index (χ0) is 23.3. The summed E-state index contributed by atoms with van der Waals surface area (Å²) in [5, 5.41) is 2.72. The molecule has 1 aromatic heterocycles. The SMILES string of the molecule is CCOc1ccc(NC(=O)c2cnc(-c3ccccc3)nc2)cc1S(=O)(=O)N1CCOCC1. The summed E-state index contributed by atoms with van der Waals surface area (Å²) in [7, 11) is -3.82. The fourth-order valence-corrected chi connectivity index (χ4v) is 4.94. The minimum atomic E-state index is -3.82. The molecule has 1 amide bonds. The molecule has 1 N–H and O–H groups in total. The first-order chi connectivity index (χ1) is 16.0. The van der Waals surface area contributed by atoms with E-state index in [1.165, 1.54) is 22.8 Å². The summed E-state index contributed by atoms with van der Waals surface area (Å²) in [6.45, 7) is 3.27. The van der Waals surface area contributed by atoms with Gasteiger partial charge in [-0.25, -0.2) is 18.4 Å². The number of hydrogen-bond donors (Lipinski definition) is 1. The number of rotatable bonds is 7. The number of benzene rings is 2. The molecule has 10 heteroatoms. The van der Waals surface area contributed by atoms with Crippen molar-refractivity contribution >= 4 is 21.6 Å². The number of hydrogen-bond acceptors (Lipinski definition) is 7. The molecule has 1 saturated heterocycles. The van der Waals surface area contributed by atoms with Crippen molar-refractivity contribution in [2.45, 2.75) is 11.8 Å². The Morgan fingerprint density at radius 1 is 1.09 bits per heavy atom. The molecule has 172 valence electrons. The monoisotopic (exact) mass is 468 g/mol. The molecule has 3 aromatic rings. The molecule has 0 spiro atoms. The first-order valence-corrected chi connectivity index (χ1v) is 12.0. The zero-order valence-corrected chi connectivity index (χ0v) is 18.9. The summed E-state index contributed by atoms with van der Waals surface area (Å²) in [6.07, 6.45) is 2.87. The van der Waals surface area contributed by atoms with E-state index >= 15 is 0 Å². The molecular formula is C23H24N4O5S. The zero-order valence-electron chi connectivity index (χ0n) is 18.1. The van der Waals surface area contributed by atoms with Crippen LogP contribution in [0.5, 0.6) is 5.75 Å². The van der Waals surface area contributed by atoms with Crippen LogP contribution in [0.2, 0.25) is 0 Å². The molecule has 1 aliphatic rings. The second-order valence-corrected chi connectivity index (χ2v) is 9.13. The van der Waals surface area contributed by atoms with Gasteiger partial charge in [-0.05, 0) is 25.1 Å². The van der Waals surface area contributed by atoms with Crippen LogP contribution in [-0.4, -0.2) is 61.5 Å². The third-order valence-corrected chi connectivity index (χ3v) is 6.96. The van der Waals surface area contributed by atoms with Crippen LogP contribution in [0.4, 0.5) is 5.69 Å². The van der Waals surface area contributed by atoms with Crippen molar-refractivity contribution in [1.82, 2.24) is 14.3 Å². The number of sulfonamides is 1. The first-order valence-electron chi connectivity index (χ1n) is 10.5. The van der Waals surface area contributed by atoms with Crippen LogP contribution in [0.25, 0.3) is 11.4 Å². The summed E-state index contributed by atoms with van der Waals surface area (Å²) in [6, 6.07) is 14.0. The van der Waals surface area contributed by atoms with E-state index in [0.29, 0.717) is 31.3 Å². The van der Waals surface area contributed by atoms with Gasteiger partial charge in [0.2, 0.25) is 10.0 Å². The number of anilines is 1. The predicted octanol–water partition coefficient (Wildman–Crippen LogP) is 2.82. The van der Waals surface area contributed by atoms with Gasteiger partial charge >= 0.3 is 0 Å². The topological polar surface area (TPSA) is 111 Å². The van der Waals surface area contributed by atoms with Crippen molar-refractivity contribution in [3.8, 4) is 17.1 Å². The number of carbonyl (C=O) groups excluding carboxylic acids is 1. The predicted molar refractivity (Wildman–Crippen MR) is 123 cm³/mol. The van der Waals surface area contributed by atoms with Crippen molar-refractivity contribution in [3.05, 3.63) is 66.5 Å². The Bertz CT molecular complexity index is 1210. The highest BCUT2D eigenvalue weighted by atomic mass is 32.2. The van der Waals surface area contributed by atoms with Crippen molar-refractivity contribution in [1.29, 1.82) is 0 Å². The molecule has 0 aliphatic carbocycles. The van der Waals surface area contributed by atoms with E-state index in [4.69, 9.17) is 9.47 Å². The second-order valence-electron chi connectivity index (χ2n) is 7.23. The molecule has 4 rings (SSSR count). The third kappa shape index (κ3) is 5.19. The van der Waals surface area contributed by atoms with E-state index in [1.54, 1.807) is 19.1 Å². The van der Waals surface area contributed by atoms with Gasteiger partial charge in [-0.1, -0.05) is 30.3 Å². The Morgan fingerprint density at radius 3 is 2.45 bits per heavy atom. The molecule has 2 heterocycles. The molecule has 0 bridgehead atoms. The van der Waals surface area contributed by atoms with Crippen LogP contribution in [0.1, 0.15) is 17.3 Å². The Balaban J connectivity index is 1.56. The van der Waals surface area contributed by atoms with E-state index in [9.17, 15) is 13.2 Å². The van der Waals surface area contributed by atoms with Crippen molar-refractivity contribution in [2.24, 2.45) is 0 Å². The maximum absolute atomic E-state index is 13.2. The van der Waals surface area contributed by atoms with Crippen LogP contribution in [0.3, 0.4) is 0 Å². The molecular weight excluding hydrogens is 444 g/mol. The Morgan fingerprint density at radius 2 is 1.79 bits per heavy atom. The molecule has 0 atom stereocenters. The number of nitrogens with zero attached hydrogens (tertiary/aromatic N) is 3. The van der Waals surface area contributed by atoms with Gasteiger partial charge in [0.05, 0.1) is 25.4 Å². The minimum absolute atomic E-state index is 0.000254. The molecule has 1 aliphatic heterocycles. The lowest BCUT2D eigenvalue weighted by Gasteiger charge is -2.27. The van der Waals surface area contributed by atoms with E-state index < -0.39 is 15.9 Å². The number of carbonyl (C=O) groups is 1. The van der Waals surface area contributed by atoms with Gasteiger partial charge in [0.25, 0.3) is 5.91 Å². The van der Waals surface area contributed by atoms with E-state index in [0.717, 1.165) is 5.56 Å². The van der Waals surface area contributed by atoms with Gasteiger partial charge < -0.3 is 14.8 Å². The van der Waals surface area contributed by atoms with Gasteiger partial charge in [-0.2, -0.15) is 4.31 Å². The molecule has 0 saturated carbocycles. The largest absolute Gasteiger partial charge is 0.492 e. The number of nitrogens with one attached hydrogen (secondary N) is 1. The average Bonchev–Trinajstić information content (AvgIpc) is 2.86. The molecule has 0 unspecified atom stereocenters. The van der Waals surface area contributed by atoms with Crippen molar-refractivity contribution in [2.75, 3.05) is 38.2 Å². The molecule has 9 nitrogen and oxygen atoms in total. The number of amides is 1. The number of ether oxygens (including phenoxy) is 2. The summed E-state index contributed by atoms with van der Waals surface area (Å²) < 4.78 is 38.6. The Hall–Kier alpha value is -3.34. The van der Waals surface area contributed by atoms with Crippen molar-refractivity contribution in [3.63, 3.8) is 0 Å². The normalized spacial score (nSPS) is 14.6.